The first-order valence-electron chi connectivity index (χ1n) is 22.2. The fraction of sp³-hybridized carbons (Fsp3) is 0.569. The van der Waals surface area contributed by atoms with Gasteiger partial charge >= 0.3 is 0 Å². The number of hydrogen-bond acceptors (Lipinski definition) is 7. The Morgan fingerprint density at radius 2 is 1.51 bits per heavy atom. The van der Waals surface area contributed by atoms with Crippen molar-refractivity contribution in [3.63, 3.8) is 0 Å². The molecule has 8 nitrogen and oxygen atoms in total. The summed E-state index contributed by atoms with van der Waals surface area (Å²) >= 11 is 0. The molecule has 0 saturated heterocycles. The van der Waals surface area contributed by atoms with Crippen molar-refractivity contribution in [3.05, 3.63) is 100 Å². The molecule has 0 heterocycles. The molecule has 3 aromatic carbocycles. The van der Waals surface area contributed by atoms with Crippen LogP contribution in [0.3, 0.4) is 0 Å². The maximum absolute atomic E-state index is 14.9. The van der Waals surface area contributed by atoms with Gasteiger partial charge in [-0.05, 0) is 179 Å². The van der Waals surface area contributed by atoms with E-state index in [-0.39, 0.29) is 36.0 Å². The van der Waals surface area contributed by atoms with Crippen LogP contribution in [0.4, 0.5) is 0 Å². The van der Waals surface area contributed by atoms with Crippen LogP contribution in [0.15, 0.2) is 72.3 Å². The van der Waals surface area contributed by atoms with Gasteiger partial charge in [0.05, 0.1) is 39.5 Å². The number of ether oxygens (including phenoxy) is 3. The summed E-state index contributed by atoms with van der Waals surface area (Å²) in [5, 5.41) is 24.6. The van der Waals surface area contributed by atoms with Gasteiger partial charge in [0.25, 0.3) is 0 Å². The number of methoxy groups -OCH3 is 3. The Balaban J connectivity index is 1.18. The van der Waals surface area contributed by atoms with Crippen LogP contribution < -0.4 is 14.2 Å². The largest absolute Gasteiger partial charge is 0.497 e. The molecule has 0 radical (unpaired) electrons. The summed E-state index contributed by atoms with van der Waals surface area (Å²) in [6, 6.07) is 19.1. The van der Waals surface area contributed by atoms with Gasteiger partial charge in [-0.1, -0.05) is 36.8 Å². The second-order valence-corrected chi connectivity index (χ2v) is 19.5. The SMILES string of the molecule is COc1ccc(C(=O)c2cc3ccc2C2CCC(O)(CN(CC45CC6CC(CC(C6)C4)C5)C(=O)Cc4ccc(OC)c(OC)c4)C2(C)CCC=C(C)CCC(O)C3)cc1. The van der Waals surface area contributed by atoms with E-state index in [9.17, 15) is 19.8 Å². The molecule has 2 N–H and O–H groups in total. The highest BCUT2D eigenvalue weighted by molar-refractivity contribution is 6.10. The molecule has 5 saturated carbocycles. The number of carbonyl (C=O) groups excluding carboxylic acids is 2. The Morgan fingerprint density at radius 1 is 0.814 bits per heavy atom. The van der Waals surface area contributed by atoms with Crippen LogP contribution in [0.2, 0.25) is 0 Å². The van der Waals surface area contributed by atoms with E-state index >= 15 is 0 Å². The van der Waals surface area contributed by atoms with Gasteiger partial charge in [-0.3, -0.25) is 9.59 Å². The van der Waals surface area contributed by atoms with Crippen LogP contribution in [0.1, 0.15) is 129 Å². The van der Waals surface area contributed by atoms with Crippen molar-refractivity contribution in [1.82, 2.24) is 4.90 Å². The molecule has 7 aliphatic carbocycles. The summed E-state index contributed by atoms with van der Waals surface area (Å²) < 4.78 is 16.5. The van der Waals surface area contributed by atoms with Crippen LogP contribution in [0.5, 0.6) is 17.2 Å². The van der Waals surface area contributed by atoms with Gasteiger partial charge in [0.1, 0.15) is 5.75 Å². The van der Waals surface area contributed by atoms with Crippen molar-refractivity contribution in [2.75, 3.05) is 34.4 Å². The zero-order valence-corrected chi connectivity index (χ0v) is 35.9. The lowest BCUT2D eigenvalue weighted by Crippen LogP contribution is -2.58. The molecule has 0 aliphatic heterocycles. The van der Waals surface area contributed by atoms with Gasteiger partial charge in [0.15, 0.2) is 17.3 Å². The number of carbonyl (C=O) groups is 2. The van der Waals surface area contributed by atoms with Crippen molar-refractivity contribution in [3.8, 4) is 17.2 Å². The van der Waals surface area contributed by atoms with E-state index in [1.54, 1.807) is 21.3 Å². The van der Waals surface area contributed by atoms with Crippen LogP contribution in [0, 0.1) is 28.6 Å². The third-order valence-electron chi connectivity index (χ3n) is 15.6. The second-order valence-electron chi connectivity index (χ2n) is 19.5. The van der Waals surface area contributed by atoms with Gasteiger partial charge in [0.2, 0.25) is 5.91 Å². The predicted molar refractivity (Wildman–Crippen MR) is 230 cm³/mol. The highest BCUT2D eigenvalue weighted by Crippen LogP contribution is 2.62. The predicted octanol–water partition coefficient (Wildman–Crippen LogP) is 9.27. The third-order valence-corrected chi connectivity index (χ3v) is 15.6. The first-order chi connectivity index (χ1) is 28.3. The van der Waals surface area contributed by atoms with Crippen molar-refractivity contribution < 1.29 is 34.0 Å². The Kier molecular flexibility index (Phi) is 11.8. The number of aliphatic hydroxyl groups is 2. The number of allylic oxidation sites excluding steroid dienone is 2. The number of benzene rings is 3. The lowest BCUT2D eigenvalue weighted by atomic mass is 9.49. The molecule has 4 atom stereocenters. The number of rotatable bonds is 11. The molecule has 7 aliphatic rings. The van der Waals surface area contributed by atoms with E-state index in [1.165, 1.54) is 44.1 Å². The molecule has 6 bridgehead atoms. The normalized spacial score (nSPS) is 31.2. The molecule has 10 rings (SSSR count). The lowest BCUT2D eigenvalue weighted by molar-refractivity contribution is -0.148. The average Bonchev–Trinajstić information content (AvgIpc) is 3.47. The minimum atomic E-state index is -1.21. The molecular weight excluding hydrogens is 739 g/mol. The van der Waals surface area contributed by atoms with E-state index in [4.69, 9.17) is 14.2 Å². The van der Waals surface area contributed by atoms with E-state index in [0.29, 0.717) is 67.0 Å². The van der Waals surface area contributed by atoms with Crippen LogP contribution in [-0.2, 0) is 17.6 Å². The summed E-state index contributed by atoms with van der Waals surface area (Å²) in [7, 11) is 4.85. The average molecular weight is 804 g/mol. The Hall–Kier alpha value is -4.14. The molecule has 0 spiro atoms. The molecule has 3 aromatic rings. The van der Waals surface area contributed by atoms with E-state index in [2.05, 4.69) is 37.0 Å². The molecular formula is C51H65NO7. The van der Waals surface area contributed by atoms with E-state index < -0.39 is 17.1 Å². The zero-order chi connectivity index (χ0) is 41.5. The summed E-state index contributed by atoms with van der Waals surface area (Å²) in [5.41, 5.74) is 3.37. The Labute approximate surface area is 351 Å². The van der Waals surface area contributed by atoms with Crippen molar-refractivity contribution in [2.24, 2.45) is 28.6 Å². The van der Waals surface area contributed by atoms with Gasteiger partial charge in [-0.25, -0.2) is 0 Å². The number of aliphatic hydroxyl groups excluding tert-OH is 1. The van der Waals surface area contributed by atoms with Gasteiger partial charge < -0.3 is 29.3 Å². The molecule has 4 unspecified atom stereocenters. The molecule has 5 fully saturated rings. The van der Waals surface area contributed by atoms with Crippen LogP contribution >= 0.6 is 0 Å². The molecule has 59 heavy (non-hydrogen) atoms. The van der Waals surface area contributed by atoms with Crippen molar-refractivity contribution >= 4 is 11.7 Å². The fourth-order valence-electron chi connectivity index (χ4n) is 12.8. The van der Waals surface area contributed by atoms with E-state index in [0.717, 1.165) is 47.3 Å². The quantitative estimate of drug-likeness (QED) is 0.147. The summed E-state index contributed by atoms with van der Waals surface area (Å²) in [4.78, 5) is 31.6. The summed E-state index contributed by atoms with van der Waals surface area (Å²) in [6.45, 7) is 5.28. The lowest BCUT2D eigenvalue weighted by Gasteiger charge is -2.58. The number of hydrogen-bond donors (Lipinski definition) is 2. The fourth-order valence-corrected chi connectivity index (χ4v) is 12.8. The van der Waals surface area contributed by atoms with Gasteiger partial charge in [-0.15, -0.1) is 0 Å². The Morgan fingerprint density at radius 3 is 2.17 bits per heavy atom. The monoisotopic (exact) mass is 803 g/mol. The molecule has 316 valence electrons. The molecule has 0 aromatic heterocycles. The maximum Gasteiger partial charge on any atom is 0.227 e. The van der Waals surface area contributed by atoms with Crippen LogP contribution in [-0.4, -0.2) is 72.9 Å². The minimum absolute atomic E-state index is 0.0309. The zero-order valence-electron chi connectivity index (χ0n) is 35.9. The Bertz CT molecular complexity index is 2020. The molecule has 1 amide bonds. The van der Waals surface area contributed by atoms with Gasteiger partial charge in [-0.2, -0.15) is 0 Å². The van der Waals surface area contributed by atoms with Crippen molar-refractivity contribution in [1.29, 1.82) is 0 Å². The minimum Gasteiger partial charge on any atom is -0.497 e. The van der Waals surface area contributed by atoms with Crippen LogP contribution in [0.25, 0.3) is 0 Å². The standard InChI is InChI=1S/C51H65NO7/c1-33-7-6-19-49(2)44(42-16-9-34(24-40(53)13-8-33)25-43(42)48(55)39-11-14-41(57-3)15-12-39)18-20-51(49,56)32-52(31-50-28-36-21-37(29-50)23-38(22-36)30-50)47(54)27-35-10-17-45(58-4)46(26-35)59-5/h7,9-12,14-17,25-26,36-38,40,44,53,56H,6,8,13,18-24,27-32H2,1-5H3. The first kappa shape index (κ1) is 41.6. The number of nitrogens with zero attached hydrogens (tertiary/aromatic N) is 1. The van der Waals surface area contributed by atoms with Crippen molar-refractivity contribution in [2.45, 2.75) is 121 Å². The topological polar surface area (TPSA) is 106 Å². The number of ketones is 1. The summed E-state index contributed by atoms with van der Waals surface area (Å²) in [5.74, 6) is 3.93. The van der Waals surface area contributed by atoms with Gasteiger partial charge in [0, 0.05) is 29.6 Å². The summed E-state index contributed by atoms with van der Waals surface area (Å²) in [6.07, 6.45) is 14.0. The smallest absolute Gasteiger partial charge is 0.227 e. The van der Waals surface area contributed by atoms with E-state index in [1.807, 2.05) is 48.5 Å². The molecule has 8 heteroatoms. The first-order valence-corrected chi connectivity index (χ1v) is 22.2. The maximum atomic E-state index is 14.9. The number of fused-ring (bicyclic) bond motifs is 8. The highest BCUT2D eigenvalue weighted by Gasteiger charge is 2.59. The second kappa shape index (κ2) is 16.7. The third kappa shape index (κ3) is 8.33. The highest BCUT2D eigenvalue weighted by atomic mass is 16.5. The number of amides is 1.